The van der Waals surface area contributed by atoms with Gasteiger partial charge in [0.05, 0.1) is 0 Å². The number of amides is 1. The number of hydrogen-bond donors (Lipinski definition) is 2. The van der Waals surface area contributed by atoms with Crippen LogP contribution in [-0.4, -0.2) is 16.9 Å². The summed E-state index contributed by atoms with van der Waals surface area (Å²) in [7, 11) is 0. The van der Waals surface area contributed by atoms with Crippen molar-refractivity contribution in [3.63, 3.8) is 0 Å². The van der Waals surface area contributed by atoms with Gasteiger partial charge in [-0.25, -0.2) is 0 Å². The van der Waals surface area contributed by atoms with Crippen LogP contribution < -0.4 is 10.6 Å². The molecule has 1 saturated carbocycles. The maximum atomic E-state index is 12.3. The van der Waals surface area contributed by atoms with Gasteiger partial charge in [0.25, 0.3) is 5.91 Å². The highest BCUT2D eigenvalue weighted by Crippen LogP contribution is 2.22. The number of carbonyl (C=O) groups is 1. The standard InChI is InChI=1S/C18H20ClN3O/c19-13-6-8-15(9-7-13)22-18(23)17-12-16(10-11-20-17)21-14-4-2-1-3-5-14/h6-12,14H,1-5H2,(H,20,21)(H,22,23). The first-order valence-electron chi connectivity index (χ1n) is 8.00. The van der Waals surface area contributed by atoms with Gasteiger partial charge in [-0.3, -0.25) is 9.78 Å². The highest BCUT2D eigenvalue weighted by Gasteiger charge is 2.14. The summed E-state index contributed by atoms with van der Waals surface area (Å²) in [6.45, 7) is 0. The van der Waals surface area contributed by atoms with Crippen LogP contribution in [-0.2, 0) is 0 Å². The fraction of sp³-hybridized carbons (Fsp3) is 0.333. The van der Waals surface area contributed by atoms with Crippen molar-refractivity contribution in [2.45, 2.75) is 38.1 Å². The third-order valence-electron chi connectivity index (χ3n) is 4.07. The summed E-state index contributed by atoms with van der Waals surface area (Å²) in [5.74, 6) is -0.223. The van der Waals surface area contributed by atoms with Gasteiger partial charge in [-0.05, 0) is 49.2 Å². The Morgan fingerprint density at radius 2 is 1.78 bits per heavy atom. The van der Waals surface area contributed by atoms with Gasteiger partial charge >= 0.3 is 0 Å². The van der Waals surface area contributed by atoms with Gasteiger partial charge in [-0.15, -0.1) is 0 Å². The lowest BCUT2D eigenvalue weighted by molar-refractivity contribution is 0.102. The molecule has 1 aromatic carbocycles. The van der Waals surface area contributed by atoms with Crippen molar-refractivity contribution in [3.8, 4) is 0 Å². The molecule has 0 unspecified atom stereocenters. The Morgan fingerprint density at radius 1 is 1.04 bits per heavy atom. The van der Waals surface area contributed by atoms with E-state index >= 15 is 0 Å². The molecular weight excluding hydrogens is 310 g/mol. The van der Waals surface area contributed by atoms with Crippen molar-refractivity contribution in [3.05, 3.63) is 53.3 Å². The number of rotatable bonds is 4. The van der Waals surface area contributed by atoms with Crippen LogP contribution in [0.3, 0.4) is 0 Å². The van der Waals surface area contributed by atoms with Crippen LogP contribution in [0, 0.1) is 0 Å². The Kier molecular flexibility index (Phi) is 5.13. The Bertz CT molecular complexity index is 666. The van der Waals surface area contributed by atoms with Crippen LogP contribution in [0.25, 0.3) is 0 Å². The minimum absolute atomic E-state index is 0.223. The maximum Gasteiger partial charge on any atom is 0.274 e. The summed E-state index contributed by atoms with van der Waals surface area (Å²) >= 11 is 5.85. The molecule has 1 amide bonds. The third-order valence-corrected chi connectivity index (χ3v) is 4.32. The molecule has 3 rings (SSSR count). The number of nitrogens with one attached hydrogen (secondary N) is 2. The monoisotopic (exact) mass is 329 g/mol. The van der Waals surface area contributed by atoms with Crippen LogP contribution in [0.1, 0.15) is 42.6 Å². The van der Waals surface area contributed by atoms with Gasteiger partial charge in [0, 0.05) is 28.6 Å². The average Bonchev–Trinajstić information content (AvgIpc) is 2.58. The molecule has 0 bridgehead atoms. The lowest BCUT2D eigenvalue weighted by Crippen LogP contribution is -2.22. The van der Waals surface area contributed by atoms with Gasteiger partial charge in [0.15, 0.2) is 0 Å². The van der Waals surface area contributed by atoms with Crippen LogP contribution in [0.5, 0.6) is 0 Å². The van der Waals surface area contributed by atoms with E-state index in [4.69, 9.17) is 11.6 Å². The molecule has 5 heteroatoms. The summed E-state index contributed by atoms with van der Waals surface area (Å²) in [6.07, 6.45) is 7.91. The van der Waals surface area contributed by atoms with Gasteiger partial charge in [-0.2, -0.15) is 0 Å². The number of hydrogen-bond acceptors (Lipinski definition) is 3. The highest BCUT2D eigenvalue weighted by molar-refractivity contribution is 6.30. The molecule has 2 N–H and O–H groups in total. The quantitative estimate of drug-likeness (QED) is 0.852. The van der Waals surface area contributed by atoms with Crippen LogP contribution in [0.4, 0.5) is 11.4 Å². The molecule has 120 valence electrons. The zero-order valence-corrected chi connectivity index (χ0v) is 13.6. The van der Waals surface area contributed by atoms with E-state index in [1.165, 1.54) is 32.1 Å². The molecule has 0 radical (unpaired) electrons. The van der Waals surface area contributed by atoms with E-state index in [-0.39, 0.29) is 5.91 Å². The molecule has 1 aliphatic rings. The second-order valence-corrected chi connectivity index (χ2v) is 6.31. The number of pyridine rings is 1. The first-order valence-corrected chi connectivity index (χ1v) is 8.38. The minimum atomic E-state index is -0.223. The Hall–Kier alpha value is -2.07. The summed E-state index contributed by atoms with van der Waals surface area (Å²) in [5, 5.41) is 6.98. The fourth-order valence-corrected chi connectivity index (χ4v) is 2.98. The predicted octanol–water partition coefficient (Wildman–Crippen LogP) is 4.73. The van der Waals surface area contributed by atoms with E-state index in [0.29, 0.717) is 22.4 Å². The molecular formula is C18H20ClN3O. The number of benzene rings is 1. The van der Waals surface area contributed by atoms with Crippen molar-refractivity contribution in [2.75, 3.05) is 10.6 Å². The largest absolute Gasteiger partial charge is 0.382 e. The second-order valence-electron chi connectivity index (χ2n) is 5.87. The van der Waals surface area contributed by atoms with Crippen molar-refractivity contribution >= 4 is 28.9 Å². The first kappa shape index (κ1) is 15.8. The lowest BCUT2D eigenvalue weighted by Gasteiger charge is -2.23. The fourth-order valence-electron chi connectivity index (χ4n) is 2.86. The molecule has 0 atom stereocenters. The Morgan fingerprint density at radius 3 is 2.52 bits per heavy atom. The van der Waals surface area contributed by atoms with Crippen molar-refractivity contribution in [1.82, 2.24) is 4.98 Å². The molecule has 0 aliphatic heterocycles. The zero-order chi connectivity index (χ0) is 16.1. The molecule has 0 spiro atoms. The van der Waals surface area contributed by atoms with Gasteiger partial charge in [-0.1, -0.05) is 30.9 Å². The van der Waals surface area contributed by atoms with Gasteiger partial charge in [0.1, 0.15) is 5.69 Å². The zero-order valence-electron chi connectivity index (χ0n) is 12.9. The summed E-state index contributed by atoms with van der Waals surface area (Å²) < 4.78 is 0. The average molecular weight is 330 g/mol. The highest BCUT2D eigenvalue weighted by atomic mass is 35.5. The van der Waals surface area contributed by atoms with E-state index in [2.05, 4.69) is 15.6 Å². The Labute approximate surface area is 141 Å². The van der Waals surface area contributed by atoms with Gasteiger partial charge in [0.2, 0.25) is 0 Å². The lowest BCUT2D eigenvalue weighted by atomic mass is 9.95. The topological polar surface area (TPSA) is 54.0 Å². The number of halogens is 1. The second kappa shape index (κ2) is 7.47. The number of aromatic nitrogens is 1. The third kappa shape index (κ3) is 4.45. The molecule has 23 heavy (non-hydrogen) atoms. The molecule has 0 saturated heterocycles. The van der Waals surface area contributed by atoms with Crippen LogP contribution in [0.15, 0.2) is 42.6 Å². The number of nitrogens with zero attached hydrogens (tertiary/aromatic N) is 1. The number of carbonyl (C=O) groups excluding carboxylic acids is 1. The summed E-state index contributed by atoms with van der Waals surface area (Å²) in [4.78, 5) is 16.5. The van der Waals surface area contributed by atoms with E-state index in [0.717, 1.165) is 5.69 Å². The van der Waals surface area contributed by atoms with E-state index < -0.39 is 0 Å². The first-order chi connectivity index (χ1) is 11.2. The van der Waals surface area contributed by atoms with Crippen molar-refractivity contribution < 1.29 is 4.79 Å². The van der Waals surface area contributed by atoms with Gasteiger partial charge < -0.3 is 10.6 Å². The number of anilines is 2. The van der Waals surface area contributed by atoms with Crippen LogP contribution >= 0.6 is 11.6 Å². The van der Waals surface area contributed by atoms with Crippen molar-refractivity contribution in [1.29, 1.82) is 0 Å². The van der Waals surface area contributed by atoms with Crippen LogP contribution in [0.2, 0.25) is 5.02 Å². The smallest absolute Gasteiger partial charge is 0.274 e. The molecule has 1 fully saturated rings. The molecule has 2 aromatic rings. The normalized spacial score (nSPS) is 15.2. The SMILES string of the molecule is O=C(Nc1ccc(Cl)cc1)c1cc(NC2CCCCC2)ccn1. The van der Waals surface area contributed by atoms with E-state index in [1.54, 1.807) is 36.5 Å². The Balaban J connectivity index is 1.66. The van der Waals surface area contributed by atoms with Crippen molar-refractivity contribution in [2.24, 2.45) is 0 Å². The summed E-state index contributed by atoms with van der Waals surface area (Å²) in [5.41, 5.74) is 2.06. The molecule has 1 aromatic heterocycles. The maximum absolute atomic E-state index is 12.3. The molecule has 1 heterocycles. The molecule has 1 aliphatic carbocycles. The minimum Gasteiger partial charge on any atom is -0.382 e. The molecule has 4 nitrogen and oxygen atoms in total. The van der Waals surface area contributed by atoms with E-state index in [1.807, 2.05) is 6.07 Å². The predicted molar refractivity (Wildman–Crippen MR) is 94.1 cm³/mol. The van der Waals surface area contributed by atoms with E-state index in [9.17, 15) is 4.79 Å². The summed E-state index contributed by atoms with van der Waals surface area (Å²) in [6, 6.07) is 11.2.